The maximum atomic E-state index is 6.94. The molecule has 0 radical (unpaired) electrons. The molecule has 4 aromatic rings. The number of hydrogen-bond donors (Lipinski definition) is 1. The van der Waals surface area contributed by atoms with Gasteiger partial charge < -0.3 is 10.5 Å². The Morgan fingerprint density at radius 2 is 1.78 bits per heavy atom. The summed E-state index contributed by atoms with van der Waals surface area (Å²) in [5.41, 5.74) is 10.3. The lowest BCUT2D eigenvalue weighted by Gasteiger charge is -2.37. The smallest absolute Gasteiger partial charge is 0.246 e. The Morgan fingerprint density at radius 1 is 1.00 bits per heavy atom. The van der Waals surface area contributed by atoms with E-state index in [4.69, 9.17) is 22.1 Å². The van der Waals surface area contributed by atoms with E-state index >= 15 is 0 Å². The third-order valence-corrected chi connectivity index (χ3v) is 6.79. The normalized spacial score (nSPS) is 16.7. The van der Waals surface area contributed by atoms with E-state index in [1.54, 1.807) is 12.1 Å². The van der Waals surface area contributed by atoms with Gasteiger partial charge in [-0.3, -0.25) is 0 Å². The van der Waals surface area contributed by atoms with Crippen molar-refractivity contribution in [3.63, 3.8) is 0 Å². The highest BCUT2D eigenvalue weighted by Gasteiger charge is 2.33. The van der Waals surface area contributed by atoms with E-state index in [1.165, 1.54) is 36.6 Å². The maximum Gasteiger partial charge on any atom is 0.246 e. The molecule has 0 amide bonds. The molecule has 0 spiro atoms. The van der Waals surface area contributed by atoms with Gasteiger partial charge in [0.25, 0.3) is 0 Å². The number of nitrogens with two attached hydrogens (primary N) is 1. The number of fused-ring (bicyclic) bond motifs is 1. The number of rotatable bonds is 5. The first-order chi connectivity index (χ1) is 15.5. The third kappa shape index (κ3) is 3.96. The lowest BCUT2D eigenvalue weighted by Crippen LogP contribution is -2.42. The zero-order valence-corrected chi connectivity index (χ0v) is 18.8. The van der Waals surface area contributed by atoms with Crippen LogP contribution in [0.1, 0.15) is 44.6 Å². The van der Waals surface area contributed by atoms with E-state index in [1.807, 2.05) is 24.3 Å². The summed E-state index contributed by atoms with van der Waals surface area (Å²) in [5, 5.41) is 12.4. The number of hydrogen-bond acceptors (Lipinski definition) is 5. The number of ether oxygens (including phenoxy) is 1. The first-order valence-electron chi connectivity index (χ1n) is 11.1. The summed E-state index contributed by atoms with van der Waals surface area (Å²) in [6.45, 7) is 2.16. The molecule has 7 heteroatoms. The van der Waals surface area contributed by atoms with Crippen LogP contribution in [0.3, 0.4) is 0 Å². The van der Waals surface area contributed by atoms with Crippen molar-refractivity contribution < 1.29 is 4.74 Å². The minimum Gasteiger partial charge on any atom is -0.437 e. The van der Waals surface area contributed by atoms with Gasteiger partial charge in [-0.25, -0.2) is 0 Å². The van der Waals surface area contributed by atoms with Crippen molar-refractivity contribution in [3.05, 3.63) is 71.5 Å². The molecule has 2 heterocycles. The van der Waals surface area contributed by atoms with E-state index in [0.717, 1.165) is 16.7 Å². The minimum atomic E-state index is -0.393. The van der Waals surface area contributed by atoms with E-state index in [-0.39, 0.29) is 5.28 Å². The van der Waals surface area contributed by atoms with Gasteiger partial charge in [-0.2, -0.15) is 4.52 Å². The zero-order valence-electron chi connectivity index (χ0n) is 18.0. The molecule has 0 saturated heterocycles. The Morgan fingerprint density at radius 3 is 2.56 bits per heavy atom. The van der Waals surface area contributed by atoms with Crippen LogP contribution >= 0.6 is 11.6 Å². The summed E-state index contributed by atoms with van der Waals surface area (Å²) in [4.78, 5) is 0. The van der Waals surface area contributed by atoms with Crippen LogP contribution in [0.5, 0.6) is 11.6 Å². The average molecular weight is 448 g/mol. The topological polar surface area (TPSA) is 78.3 Å². The van der Waals surface area contributed by atoms with Crippen LogP contribution in [0.2, 0.25) is 5.28 Å². The maximum absolute atomic E-state index is 6.94. The molecule has 6 nitrogen and oxygen atoms in total. The van der Waals surface area contributed by atoms with Gasteiger partial charge in [-0.15, -0.1) is 15.3 Å². The van der Waals surface area contributed by atoms with Crippen molar-refractivity contribution in [2.24, 2.45) is 11.7 Å². The van der Waals surface area contributed by atoms with Crippen LogP contribution in [-0.4, -0.2) is 19.8 Å². The minimum absolute atomic E-state index is 0.190. The second-order valence-electron chi connectivity index (χ2n) is 8.71. The van der Waals surface area contributed by atoms with Gasteiger partial charge in [-0.1, -0.05) is 55.7 Å². The lowest BCUT2D eigenvalue weighted by molar-refractivity contribution is 0.224. The summed E-state index contributed by atoms with van der Waals surface area (Å²) in [6, 6.07) is 20.0. The predicted molar refractivity (Wildman–Crippen MR) is 126 cm³/mol. The van der Waals surface area contributed by atoms with Gasteiger partial charge in [0.2, 0.25) is 11.2 Å². The highest BCUT2D eigenvalue weighted by atomic mass is 35.5. The molecule has 32 heavy (non-hydrogen) atoms. The van der Waals surface area contributed by atoms with Gasteiger partial charge in [0.15, 0.2) is 5.65 Å². The molecular formula is C25H26ClN5O. The first kappa shape index (κ1) is 20.9. The SMILES string of the molecule is CC(N)(c1ccc(Oc2ccc3nnc(Cl)n3n2)c(-c2ccccc2)c1)C1CCCCC1. The lowest BCUT2D eigenvalue weighted by atomic mass is 9.72. The fourth-order valence-electron chi connectivity index (χ4n) is 4.65. The monoisotopic (exact) mass is 447 g/mol. The highest BCUT2D eigenvalue weighted by Crippen LogP contribution is 2.41. The Balaban J connectivity index is 1.55. The molecule has 1 saturated carbocycles. The third-order valence-electron chi connectivity index (χ3n) is 6.55. The van der Waals surface area contributed by atoms with Crippen molar-refractivity contribution >= 4 is 17.2 Å². The van der Waals surface area contributed by atoms with Crippen molar-refractivity contribution in [2.75, 3.05) is 0 Å². The van der Waals surface area contributed by atoms with Gasteiger partial charge in [0, 0.05) is 17.2 Å². The molecule has 1 unspecified atom stereocenters. The summed E-state index contributed by atoms with van der Waals surface area (Å²) >= 11 is 6.08. The van der Waals surface area contributed by atoms with Crippen LogP contribution in [0.15, 0.2) is 60.7 Å². The highest BCUT2D eigenvalue weighted by molar-refractivity contribution is 6.28. The van der Waals surface area contributed by atoms with Crippen molar-refractivity contribution in [3.8, 4) is 22.8 Å². The van der Waals surface area contributed by atoms with Crippen LogP contribution in [-0.2, 0) is 5.54 Å². The van der Waals surface area contributed by atoms with Gasteiger partial charge in [0.05, 0.1) is 0 Å². The summed E-state index contributed by atoms with van der Waals surface area (Å²) in [5.74, 6) is 1.59. The van der Waals surface area contributed by atoms with E-state index in [0.29, 0.717) is 23.2 Å². The Bertz CT molecular complexity index is 1230. The summed E-state index contributed by atoms with van der Waals surface area (Å²) in [6.07, 6.45) is 6.17. The number of aromatic nitrogens is 4. The van der Waals surface area contributed by atoms with Gasteiger partial charge >= 0.3 is 0 Å². The summed E-state index contributed by atoms with van der Waals surface area (Å²) in [7, 11) is 0. The Hall–Kier alpha value is -2.96. The van der Waals surface area contributed by atoms with Gasteiger partial charge in [-0.05, 0) is 66.6 Å². The van der Waals surface area contributed by atoms with Gasteiger partial charge in [0.1, 0.15) is 5.75 Å². The van der Waals surface area contributed by atoms with Crippen molar-refractivity contribution in [2.45, 2.75) is 44.6 Å². The molecule has 2 N–H and O–H groups in total. The largest absolute Gasteiger partial charge is 0.437 e. The first-order valence-corrected chi connectivity index (χ1v) is 11.4. The van der Waals surface area contributed by atoms with Crippen LogP contribution in [0.4, 0.5) is 0 Å². The molecule has 1 aliphatic rings. The Kier molecular flexibility index (Phi) is 5.57. The van der Waals surface area contributed by atoms with Crippen LogP contribution < -0.4 is 10.5 Å². The Labute approximate surface area is 192 Å². The second-order valence-corrected chi connectivity index (χ2v) is 9.05. The molecule has 0 bridgehead atoms. The molecule has 1 atom stereocenters. The molecule has 1 aliphatic carbocycles. The molecular weight excluding hydrogens is 422 g/mol. The second kappa shape index (κ2) is 8.52. The van der Waals surface area contributed by atoms with E-state index < -0.39 is 5.54 Å². The number of nitrogens with zero attached hydrogens (tertiary/aromatic N) is 4. The zero-order chi connectivity index (χ0) is 22.1. The molecule has 1 fully saturated rings. The van der Waals surface area contributed by atoms with E-state index in [2.05, 4.69) is 46.5 Å². The van der Waals surface area contributed by atoms with Crippen LogP contribution in [0, 0.1) is 5.92 Å². The molecule has 0 aliphatic heterocycles. The molecule has 164 valence electrons. The quantitative estimate of drug-likeness (QED) is 0.406. The van der Waals surface area contributed by atoms with Crippen molar-refractivity contribution in [1.82, 2.24) is 19.8 Å². The van der Waals surface area contributed by atoms with E-state index in [9.17, 15) is 0 Å². The van der Waals surface area contributed by atoms with Crippen molar-refractivity contribution in [1.29, 1.82) is 0 Å². The number of halogens is 1. The van der Waals surface area contributed by atoms with Crippen LogP contribution in [0.25, 0.3) is 16.8 Å². The fourth-order valence-corrected chi connectivity index (χ4v) is 4.81. The fraction of sp³-hybridized carbons (Fsp3) is 0.320. The molecule has 2 aromatic carbocycles. The average Bonchev–Trinajstić information content (AvgIpc) is 3.20. The number of benzene rings is 2. The summed E-state index contributed by atoms with van der Waals surface area (Å²) < 4.78 is 7.67. The standard InChI is InChI=1S/C25H26ClN5O/c1-25(27,18-10-6-3-7-11-18)19-12-13-21(20(16-19)17-8-4-2-5-9-17)32-23-15-14-22-28-29-24(26)31(22)30-23/h2,4-5,8-9,12-16,18H,3,6-7,10-11,27H2,1H3. The predicted octanol–water partition coefficient (Wildman–Crippen LogP) is 5.99. The molecule has 2 aromatic heterocycles. The molecule has 5 rings (SSSR count).